The van der Waals surface area contributed by atoms with Crippen LogP contribution in [0.4, 0.5) is 4.79 Å². The Bertz CT molecular complexity index is 129. The maximum Gasteiger partial charge on any atom is 0.406 e. The molecule has 0 aromatic carbocycles. The van der Waals surface area contributed by atoms with E-state index in [-0.39, 0.29) is 0 Å². The summed E-state index contributed by atoms with van der Waals surface area (Å²) in [7, 11) is 2.96. The summed E-state index contributed by atoms with van der Waals surface area (Å²) in [6.07, 6.45) is 0.371. The molecule has 78 valence electrons. The number of carbonyl (C=O) groups excluding carboxylic acids is 1. The lowest BCUT2D eigenvalue weighted by molar-refractivity contribution is 0.0693. The smallest absolute Gasteiger partial charge is 0.406 e. The van der Waals surface area contributed by atoms with Gasteiger partial charge >= 0.3 is 6.09 Å². The summed E-state index contributed by atoms with van der Waals surface area (Å²) in [4.78, 5) is 10.6. The van der Waals surface area contributed by atoms with Gasteiger partial charge in [-0.15, -0.1) is 0 Å². The van der Waals surface area contributed by atoms with Gasteiger partial charge in [0.05, 0.1) is 20.3 Å². The first-order valence-corrected chi connectivity index (χ1v) is 4.19. The largest absolute Gasteiger partial charge is 0.453 e. The first kappa shape index (κ1) is 12.2. The molecule has 1 amide bonds. The van der Waals surface area contributed by atoms with Crippen molar-refractivity contribution in [2.75, 3.05) is 40.6 Å². The summed E-state index contributed by atoms with van der Waals surface area (Å²) < 4.78 is 14.3. The van der Waals surface area contributed by atoms with Crippen LogP contribution in [0.25, 0.3) is 0 Å². The topological polar surface area (TPSA) is 56.8 Å². The van der Waals surface area contributed by atoms with Crippen LogP contribution in [-0.2, 0) is 14.2 Å². The van der Waals surface area contributed by atoms with Gasteiger partial charge in [0.1, 0.15) is 0 Å². The molecule has 5 nitrogen and oxygen atoms in total. The summed E-state index contributed by atoms with van der Waals surface area (Å²) in [5.41, 5.74) is 0. The van der Waals surface area contributed by atoms with Crippen LogP contribution in [0, 0.1) is 0 Å². The first-order chi connectivity index (χ1) is 6.31. The van der Waals surface area contributed by atoms with Gasteiger partial charge in [-0.2, -0.15) is 0 Å². The van der Waals surface area contributed by atoms with E-state index in [2.05, 4.69) is 10.1 Å². The summed E-state index contributed by atoms with van der Waals surface area (Å²) in [6, 6.07) is 0. The van der Waals surface area contributed by atoms with Crippen LogP contribution < -0.4 is 5.32 Å². The van der Waals surface area contributed by atoms with Gasteiger partial charge in [0.15, 0.2) is 0 Å². The van der Waals surface area contributed by atoms with E-state index < -0.39 is 6.09 Å². The fraction of sp³-hybridized carbons (Fsp3) is 0.875. The SMILES string of the molecule is COCCOCCCNC(=O)OC. The average Bonchev–Trinajstić information content (AvgIpc) is 2.16. The minimum absolute atomic E-state index is 0.406. The van der Waals surface area contributed by atoms with Crippen LogP contribution in [-0.4, -0.2) is 46.7 Å². The second kappa shape index (κ2) is 9.28. The molecule has 0 saturated heterocycles. The predicted octanol–water partition coefficient (Wildman–Crippen LogP) is 0.396. The molecule has 0 heterocycles. The molecule has 5 heteroatoms. The molecule has 0 saturated carbocycles. The van der Waals surface area contributed by atoms with Gasteiger partial charge in [0, 0.05) is 20.3 Å². The quantitative estimate of drug-likeness (QED) is 0.592. The van der Waals surface area contributed by atoms with E-state index in [0.717, 1.165) is 6.42 Å². The molecule has 0 spiro atoms. The molecular weight excluding hydrogens is 174 g/mol. The number of amides is 1. The van der Waals surface area contributed by atoms with E-state index in [0.29, 0.717) is 26.4 Å². The van der Waals surface area contributed by atoms with Gasteiger partial charge in [0.25, 0.3) is 0 Å². The van der Waals surface area contributed by atoms with Crippen LogP contribution >= 0.6 is 0 Å². The fourth-order valence-corrected chi connectivity index (χ4v) is 0.681. The van der Waals surface area contributed by atoms with Gasteiger partial charge in [-0.3, -0.25) is 0 Å². The van der Waals surface area contributed by atoms with Crippen LogP contribution in [0.2, 0.25) is 0 Å². The highest BCUT2D eigenvalue weighted by Crippen LogP contribution is 1.82. The Kier molecular flexibility index (Phi) is 8.70. The third kappa shape index (κ3) is 9.10. The van der Waals surface area contributed by atoms with E-state index >= 15 is 0 Å². The Labute approximate surface area is 78.3 Å². The van der Waals surface area contributed by atoms with Crippen molar-refractivity contribution >= 4 is 6.09 Å². The van der Waals surface area contributed by atoms with Crippen molar-refractivity contribution in [1.29, 1.82) is 0 Å². The summed E-state index contributed by atoms with van der Waals surface area (Å²) in [5, 5.41) is 2.55. The number of carbonyl (C=O) groups is 1. The van der Waals surface area contributed by atoms with Gasteiger partial charge in [-0.25, -0.2) is 4.79 Å². The van der Waals surface area contributed by atoms with Crippen LogP contribution in [0.5, 0.6) is 0 Å². The van der Waals surface area contributed by atoms with E-state index in [1.807, 2.05) is 0 Å². The lowest BCUT2D eigenvalue weighted by Crippen LogP contribution is -2.24. The van der Waals surface area contributed by atoms with Crippen LogP contribution in [0.1, 0.15) is 6.42 Å². The summed E-state index contributed by atoms with van der Waals surface area (Å²) >= 11 is 0. The molecule has 0 bridgehead atoms. The molecule has 0 rings (SSSR count). The van der Waals surface area contributed by atoms with Gasteiger partial charge < -0.3 is 19.5 Å². The number of ether oxygens (including phenoxy) is 3. The minimum atomic E-state index is -0.406. The van der Waals surface area contributed by atoms with Gasteiger partial charge in [0.2, 0.25) is 0 Å². The van der Waals surface area contributed by atoms with Crippen molar-refractivity contribution in [2.24, 2.45) is 0 Å². The Hall–Kier alpha value is -0.810. The average molecular weight is 191 g/mol. The van der Waals surface area contributed by atoms with E-state index in [4.69, 9.17) is 9.47 Å². The van der Waals surface area contributed by atoms with Crippen molar-refractivity contribution in [2.45, 2.75) is 6.42 Å². The lowest BCUT2D eigenvalue weighted by Gasteiger charge is -2.04. The Morgan fingerprint density at radius 3 is 2.62 bits per heavy atom. The predicted molar refractivity (Wildman–Crippen MR) is 47.7 cm³/mol. The van der Waals surface area contributed by atoms with Gasteiger partial charge in [-0.1, -0.05) is 0 Å². The molecule has 0 aliphatic heterocycles. The molecule has 1 N–H and O–H groups in total. The monoisotopic (exact) mass is 191 g/mol. The Morgan fingerprint density at radius 1 is 1.23 bits per heavy atom. The zero-order valence-electron chi connectivity index (χ0n) is 8.17. The van der Waals surface area contributed by atoms with Crippen molar-refractivity contribution in [1.82, 2.24) is 5.32 Å². The third-order valence-corrected chi connectivity index (χ3v) is 1.35. The van der Waals surface area contributed by atoms with E-state index in [1.165, 1.54) is 7.11 Å². The molecule has 0 unspecified atom stereocenters. The van der Waals surface area contributed by atoms with Crippen molar-refractivity contribution in [3.63, 3.8) is 0 Å². The standard InChI is InChI=1S/C8H17NO4/c1-11-6-7-13-5-3-4-9-8(10)12-2/h3-7H2,1-2H3,(H,9,10). The highest BCUT2D eigenvalue weighted by molar-refractivity contribution is 5.66. The molecule has 0 aliphatic rings. The Balaban J connectivity index is 2.95. The van der Waals surface area contributed by atoms with Gasteiger partial charge in [-0.05, 0) is 6.42 Å². The maximum absolute atomic E-state index is 10.6. The second-order valence-electron chi connectivity index (χ2n) is 2.38. The fourth-order valence-electron chi connectivity index (χ4n) is 0.681. The molecule has 0 aliphatic carbocycles. The zero-order valence-corrected chi connectivity index (χ0v) is 8.17. The normalized spacial score (nSPS) is 9.69. The Morgan fingerprint density at radius 2 is 2.00 bits per heavy atom. The maximum atomic E-state index is 10.6. The molecule has 0 fully saturated rings. The zero-order chi connectivity index (χ0) is 9.94. The van der Waals surface area contributed by atoms with Crippen molar-refractivity contribution < 1.29 is 19.0 Å². The number of rotatable bonds is 7. The third-order valence-electron chi connectivity index (χ3n) is 1.35. The number of methoxy groups -OCH3 is 2. The van der Waals surface area contributed by atoms with Crippen LogP contribution in [0.3, 0.4) is 0 Å². The molecule has 0 radical (unpaired) electrons. The number of nitrogens with one attached hydrogen (secondary N) is 1. The molecule has 13 heavy (non-hydrogen) atoms. The number of hydrogen-bond donors (Lipinski definition) is 1. The molecule has 0 aromatic rings. The van der Waals surface area contributed by atoms with Crippen LogP contribution in [0.15, 0.2) is 0 Å². The van der Waals surface area contributed by atoms with Crippen molar-refractivity contribution in [3.8, 4) is 0 Å². The first-order valence-electron chi connectivity index (χ1n) is 4.19. The van der Waals surface area contributed by atoms with E-state index in [9.17, 15) is 4.79 Å². The molecular formula is C8H17NO4. The lowest BCUT2D eigenvalue weighted by atomic mass is 10.4. The van der Waals surface area contributed by atoms with E-state index in [1.54, 1.807) is 7.11 Å². The number of alkyl carbamates (subject to hydrolysis) is 1. The summed E-state index contributed by atoms with van der Waals surface area (Å²) in [5.74, 6) is 0. The highest BCUT2D eigenvalue weighted by atomic mass is 16.5. The van der Waals surface area contributed by atoms with Crippen molar-refractivity contribution in [3.05, 3.63) is 0 Å². The minimum Gasteiger partial charge on any atom is -0.453 e. The molecule has 0 atom stereocenters. The highest BCUT2D eigenvalue weighted by Gasteiger charge is 1.95. The second-order valence-corrected chi connectivity index (χ2v) is 2.38. The number of hydrogen-bond acceptors (Lipinski definition) is 4. The summed E-state index contributed by atoms with van der Waals surface area (Å²) in [6.45, 7) is 2.38. The molecule has 0 aromatic heterocycles.